The number of nitrogens with one attached hydrogen (secondary N) is 1. The molecule has 1 N–H and O–H groups in total. The van der Waals surface area contributed by atoms with Gasteiger partial charge in [-0.05, 0) is 48.9 Å². The number of hydrogen-bond donors (Lipinski definition) is 1. The predicted octanol–water partition coefficient (Wildman–Crippen LogP) is 3.41. The molecule has 136 valence electrons. The van der Waals surface area contributed by atoms with Gasteiger partial charge in [0.2, 0.25) is 11.8 Å². The first-order valence-corrected chi connectivity index (χ1v) is 9.00. The maximum atomic E-state index is 12.4. The molecule has 3 rings (SSSR count). The molecule has 6 heteroatoms. The molecular weight excluding hydrogens is 352 g/mol. The van der Waals surface area contributed by atoms with E-state index in [0.717, 1.165) is 17.0 Å². The number of hydrogen-bond acceptors (Lipinski definition) is 3. The van der Waals surface area contributed by atoms with Crippen LogP contribution < -0.4 is 15.0 Å². The van der Waals surface area contributed by atoms with E-state index in [-0.39, 0.29) is 24.2 Å². The van der Waals surface area contributed by atoms with Crippen molar-refractivity contribution in [1.82, 2.24) is 5.32 Å². The lowest BCUT2D eigenvalue weighted by atomic mass is 10.1. The second kappa shape index (κ2) is 8.23. The van der Waals surface area contributed by atoms with Crippen molar-refractivity contribution >= 4 is 29.1 Å². The van der Waals surface area contributed by atoms with Gasteiger partial charge in [0.1, 0.15) is 5.75 Å². The van der Waals surface area contributed by atoms with Crippen LogP contribution in [-0.2, 0) is 16.1 Å². The molecule has 2 aromatic rings. The van der Waals surface area contributed by atoms with Gasteiger partial charge >= 0.3 is 0 Å². The normalized spacial score (nSPS) is 16.6. The van der Waals surface area contributed by atoms with Gasteiger partial charge in [-0.3, -0.25) is 9.59 Å². The van der Waals surface area contributed by atoms with E-state index in [1.54, 1.807) is 11.0 Å². The third kappa shape index (κ3) is 4.35. The Morgan fingerprint density at radius 1 is 1.27 bits per heavy atom. The first kappa shape index (κ1) is 18.3. The molecule has 0 spiro atoms. The Kier molecular flexibility index (Phi) is 5.78. The number of carbonyl (C=O) groups excluding carboxylic acids is 2. The highest BCUT2D eigenvalue weighted by Crippen LogP contribution is 2.27. The molecule has 1 heterocycles. The number of rotatable bonds is 6. The van der Waals surface area contributed by atoms with Crippen molar-refractivity contribution in [2.45, 2.75) is 19.9 Å². The Labute approximate surface area is 157 Å². The molecule has 0 aromatic heterocycles. The van der Waals surface area contributed by atoms with Crippen LogP contribution in [0.2, 0.25) is 5.02 Å². The molecule has 5 nitrogen and oxygen atoms in total. The zero-order valence-electron chi connectivity index (χ0n) is 14.6. The van der Waals surface area contributed by atoms with Crippen LogP contribution in [0.15, 0.2) is 48.5 Å². The minimum Gasteiger partial charge on any atom is -0.494 e. The van der Waals surface area contributed by atoms with Crippen molar-refractivity contribution in [3.63, 3.8) is 0 Å². The number of carbonyl (C=O) groups is 2. The van der Waals surface area contributed by atoms with Crippen molar-refractivity contribution in [3.05, 3.63) is 59.1 Å². The molecule has 0 bridgehead atoms. The summed E-state index contributed by atoms with van der Waals surface area (Å²) in [5.74, 6) is 0.246. The summed E-state index contributed by atoms with van der Waals surface area (Å²) < 4.78 is 5.42. The first-order valence-electron chi connectivity index (χ1n) is 8.62. The van der Waals surface area contributed by atoms with Gasteiger partial charge in [0.15, 0.2) is 0 Å². The van der Waals surface area contributed by atoms with Gasteiger partial charge in [-0.1, -0.05) is 23.7 Å². The molecule has 0 radical (unpaired) electrons. The molecule has 0 saturated carbocycles. The topological polar surface area (TPSA) is 58.6 Å². The largest absolute Gasteiger partial charge is 0.494 e. The Morgan fingerprint density at radius 2 is 2.04 bits per heavy atom. The zero-order valence-corrected chi connectivity index (χ0v) is 15.3. The van der Waals surface area contributed by atoms with Gasteiger partial charge in [-0.25, -0.2) is 0 Å². The highest BCUT2D eigenvalue weighted by atomic mass is 35.5. The van der Waals surface area contributed by atoms with Crippen LogP contribution in [0.4, 0.5) is 5.69 Å². The van der Waals surface area contributed by atoms with E-state index in [1.807, 2.05) is 49.4 Å². The fourth-order valence-corrected chi connectivity index (χ4v) is 3.22. The van der Waals surface area contributed by atoms with Crippen molar-refractivity contribution in [2.75, 3.05) is 18.1 Å². The minimum atomic E-state index is -0.353. The second-order valence-electron chi connectivity index (χ2n) is 6.18. The van der Waals surface area contributed by atoms with Crippen LogP contribution in [0.5, 0.6) is 5.75 Å². The smallest absolute Gasteiger partial charge is 0.227 e. The summed E-state index contributed by atoms with van der Waals surface area (Å²) in [6, 6.07) is 14.7. The molecule has 1 aliphatic rings. The summed E-state index contributed by atoms with van der Waals surface area (Å²) in [6.45, 7) is 3.29. The fraction of sp³-hybridized carbons (Fsp3) is 0.300. The lowest BCUT2D eigenvalue weighted by Crippen LogP contribution is -2.32. The molecule has 1 saturated heterocycles. The van der Waals surface area contributed by atoms with Crippen molar-refractivity contribution in [1.29, 1.82) is 0 Å². The number of halogens is 1. The van der Waals surface area contributed by atoms with Crippen molar-refractivity contribution in [2.24, 2.45) is 5.92 Å². The first-order chi connectivity index (χ1) is 12.6. The molecule has 1 fully saturated rings. The molecule has 1 atom stereocenters. The fourth-order valence-electron chi connectivity index (χ4n) is 3.00. The average Bonchev–Trinajstić information content (AvgIpc) is 3.03. The highest BCUT2D eigenvalue weighted by Gasteiger charge is 2.34. The predicted molar refractivity (Wildman–Crippen MR) is 101 cm³/mol. The number of ether oxygens (including phenoxy) is 1. The van der Waals surface area contributed by atoms with E-state index in [4.69, 9.17) is 16.3 Å². The Hall–Kier alpha value is -2.53. The van der Waals surface area contributed by atoms with Crippen LogP contribution >= 0.6 is 11.6 Å². The minimum absolute atomic E-state index is 0.0444. The number of anilines is 1. The lowest BCUT2D eigenvalue weighted by molar-refractivity contribution is -0.126. The molecule has 26 heavy (non-hydrogen) atoms. The maximum Gasteiger partial charge on any atom is 0.227 e. The van der Waals surface area contributed by atoms with Crippen molar-refractivity contribution < 1.29 is 14.3 Å². The molecule has 0 aliphatic carbocycles. The van der Waals surface area contributed by atoms with E-state index < -0.39 is 0 Å². The number of nitrogens with zero attached hydrogens (tertiary/aromatic N) is 1. The summed E-state index contributed by atoms with van der Waals surface area (Å²) in [5.41, 5.74) is 1.71. The Morgan fingerprint density at radius 3 is 2.73 bits per heavy atom. The molecule has 2 aromatic carbocycles. The third-order valence-electron chi connectivity index (χ3n) is 4.31. The van der Waals surface area contributed by atoms with E-state index in [0.29, 0.717) is 24.7 Å². The van der Waals surface area contributed by atoms with Gasteiger partial charge in [0.25, 0.3) is 0 Å². The van der Waals surface area contributed by atoms with Crippen molar-refractivity contribution in [3.8, 4) is 5.75 Å². The molecule has 2 amide bonds. The Balaban J connectivity index is 1.58. The van der Waals surface area contributed by atoms with E-state index in [9.17, 15) is 9.59 Å². The summed E-state index contributed by atoms with van der Waals surface area (Å²) in [5, 5.41) is 3.52. The number of amides is 2. The summed E-state index contributed by atoms with van der Waals surface area (Å²) in [4.78, 5) is 26.4. The highest BCUT2D eigenvalue weighted by molar-refractivity contribution is 6.30. The standard InChI is InChI=1S/C20H21ClN2O3/c1-2-26-18-8-6-17(7-9-18)23-13-15(11-19(23)24)20(25)22-12-14-4-3-5-16(21)10-14/h3-10,15H,2,11-13H2,1H3,(H,22,25)/t15-/m0/s1. The second-order valence-corrected chi connectivity index (χ2v) is 6.62. The van der Waals surface area contributed by atoms with Crippen LogP contribution in [0.1, 0.15) is 18.9 Å². The van der Waals surface area contributed by atoms with Gasteiger partial charge in [0, 0.05) is 30.2 Å². The SMILES string of the molecule is CCOc1ccc(N2C[C@@H](C(=O)NCc3cccc(Cl)c3)CC2=O)cc1. The zero-order chi connectivity index (χ0) is 18.5. The summed E-state index contributed by atoms with van der Waals surface area (Å²) in [6.07, 6.45) is 0.217. The van der Waals surface area contributed by atoms with Gasteiger partial charge in [-0.15, -0.1) is 0 Å². The van der Waals surface area contributed by atoms with Crippen LogP contribution in [0.25, 0.3) is 0 Å². The van der Waals surface area contributed by atoms with Gasteiger partial charge in [0.05, 0.1) is 12.5 Å². The van der Waals surface area contributed by atoms with Gasteiger partial charge < -0.3 is 15.0 Å². The molecule has 0 unspecified atom stereocenters. The van der Waals surface area contributed by atoms with E-state index in [1.165, 1.54) is 0 Å². The van der Waals surface area contributed by atoms with Crippen LogP contribution in [0, 0.1) is 5.92 Å². The third-order valence-corrected chi connectivity index (χ3v) is 4.55. The molecule has 1 aliphatic heterocycles. The summed E-state index contributed by atoms with van der Waals surface area (Å²) in [7, 11) is 0. The van der Waals surface area contributed by atoms with Crippen LogP contribution in [-0.4, -0.2) is 25.0 Å². The number of benzene rings is 2. The lowest BCUT2D eigenvalue weighted by Gasteiger charge is -2.17. The van der Waals surface area contributed by atoms with Crippen LogP contribution in [0.3, 0.4) is 0 Å². The average molecular weight is 373 g/mol. The maximum absolute atomic E-state index is 12.4. The summed E-state index contributed by atoms with van der Waals surface area (Å²) >= 11 is 5.95. The quantitative estimate of drug-likeness (QED) is 0.845. The molecular formula is C20H21ClN2O3. The van der Waals surface area contributed by atoms with E-state index >= 15 is 0 Å². The monoisotopic (exact) mass is 372 g/mol. The Bertz CT molecular complexity index is 792. The van der Waals surface area contributed by atoms with E-state index in [2.05, 4.69) is 5.32 Å². The van der Waals surface area contributed by atoms with Gasteiger partial charge in [-0.2, -0.15) is 0 Å².